The maximum Gasteiger partial charge on any atom is 0.140 e. The molecule has 2 rings (SSSR count). The molecule has 11 heavy (non-hydrogen) atoms. The molecule has 1 aliphatic rings. The molecule has 0 bridgehead atoms. The lowest BCUT2D eigenvalue weighted by molar-refractivity contribution is 0.468. The average molecular weight is 164 g/mol. The van der Waals surface area contributed by atoms with Crippen LogP contribution in [0.15, 0.2) is 34.8 Å². The number of hydrogen-bond donors (Lipinski definition) is 0. The lowest BCUT2D eigenvalue weighted by Crippen LogP contribution is -1.88. The summed E-state index contributed by atoms with van der Waals surface area (Å²) in [5, 5.41) is 1.95. The highest BCUT2D eigenvalue weighted by atomic mass is 32.2. The van der Waals surface area contributed by atoms with Gasteiger partial charge in [0.15, 0.2) is 0 Å². The fourth-order valence-electron chi connectivity index (χ4n) is 1.01. The molecule has 1 heterocycles. The predicted octanol–water partition coefficient (Wildman–Crippen LogP) is 2.95. The molecule has 1 aliphatic heterocycles. The van der Waals surface area contributed by atoms with E-state index >= 15 is 0 Å². The third-order valence-corrected chi connectivity index (χ3v) is 2.36. The fourth-order valence-corrected chi connectivity index (χ4v) is 1.75. The number of thioether (sulfide) groups is 1. The molecule has 56 valence electrons. The van der Waals surface area contributed by atoms with Crippen LogP contribution in [0.4, 0.5) is 0 Å². The van der Waals surface area contributed by atoms with Crippen molar-refractivity contribution in [3.8, 4) is 5.75 Å². The van der Waals surface area contributed by atoms with Gasteiger partial charge in [0.05, 0.1) is 11.2 Å². The molecular formula is C9H8OS. The summed E-state index contributed by atoms with van der Waals surface area (Å²) in [6.07, 6.45) is 1.71. The van der Waals surface area contributed by atoms with Crippen molar-refractivity contribution in [1.29, 1.82) is 0 Å². The van der Waals surface area contributed by atoms with Crippen molar-refractivity contribution in [1.82, 2.24) is 0 Å². The summed E-state index contributed by atoms with van der Waals surface area (Å²) in [6, 6.07) is 6.18. The molecule has 0 saturated heterocycles. The van der Waals surface area contributed by atoms with E-state index in [4.69, 9.17) is 4.74 Å². The normalized spacial score (nSPS) is 13.9. The number of aryl methyl sites for hydroxylation is 1. The molecule has 0 radical (unpaired) electrons. The van der Waals surface area contributed by atoms with Crippen LogP contribution in [0.2, 0.25) is 0 Å². The molecule has 0 aromatic heterocycles. The monoisotopic (exact) mass is 164 g/mol. The van der Waals surface area contributed by atoms with E-state index in [0.29, 0.717) is 0 Å². The molecule has 0 fully saturated rings. The van der Waals surface area contributed by atoms with Gasteiger partial charge in [-0.25, -0.2) is 0 Å². The first-order chi connectivity index (χ1) is 5.36. The third-order valence-electron chi connectivity index (χ3n) is 1.54. The molecule has 2 heteroatoms. The Morgan fingerprint density at radius 3 is 3.18 bits per heavy atom. The second-order valence-corrected chi connectivity index (χ2v) is 3.41. The van der Waals surface area contributed by atoms with Gasteiger partial charge in [-0.15, -0.1) is 0 Å². The van der Waals surface area contributed by atoms with E-state index < -0.39 is 0 Å². The quantitative estimate of drug-likeness (QED) is 0.583. The summed E-state index contributed by atoms with van der Waals surface area (Å²) in [5.74, 6) is 0.961. The molecule has 1 aromatic rings. The van der Waals surface area contributed by atoms with Gasteiger partial charge in [0.2, 0.25) is 0 Å². The molecule has 0 aliphatic carbocycles. The van der Waals surface area contributed by atoms with Crippen molar-refractivity contribution in [2.24, 2.45) is 0 Å². The highest BCUT2D eigenvalue weighted by Crippen LogP contribution is 2.34. The van der Waals surface area contributed by atoms with E-state index in [1.165, 1.54) is 10.5 Å². The van der Waals surface area contributed by atoms with Gasteiger partial charge in [-0.2, -0.15) is 0 Å². The number of fused-ring (bicyclic) bond motifs is 1. The number of rotatable bonds is 0. The van der Waals surface area contributed by atoms with Gasteiger partial charge in [0, 0.05) is 5.41 Å². The Balaban J connectivity index is 2.48. The molecule has 0 spiro atoms. The second-order valence-electron chi connectivity index (χ2n) is 2.46. The van der Waals surface area contributed by atoms with Crippen molar-refractivity contribution in [2.45, 2.75) is 11.8 Å². The van der Waals surface area contributed by atoms with Crippen LogP contribution in [0.3, 0.4) is 0 Å². The van der Waals surface area contributed by atoms with Crippen LogP contribution in [-0.2, 0) is 0 Å². The molecule has 1 nitrogen and oxygen atoms in total. The maximum absolute atomic E-state index is 5.28. The third kappa shape index (κ3) is 1.26. The first kappa shape index (κ1) is 6.80. The highest BCUT2D eigenvalue weighted by molar-refractivity contribution is 8.02. The van der Waals surface area contributed by atoms with Gasteiger partial charge in [-0.05, 0) is 24.6 Å². The lowest BCUT2D eigenvalue weighted by atomic mass is 10.2. The Morgan fingerprint density at radius 1 is 1.36 bits per heavy atom. The van der Waals surface area contributed by atoms with Crippen molar-refractivity contribution in [2.75, 3.05) is 0 Å². The van der Waals surface area contributed by atoms with Crippen molar-refractivity contribution in [3.63, 3.8) is 0 Å². The van der Waals surface area contributed by atoms with Gasteiger partial charge < -0.3 is 4.74 Å². The Labute approximate surface area is 70.1 Å². The number of hydrogen-bond acceptors (Lipinski definition) is 2. The predicted molar refractivity (Wildman–Crippen MR) is 46.8 cm³/mol. The maximum atomic E-state index is 5.28. The summed E-state index contributed by atoms with van der Waals surface area (Å²) in [4.78, 5) is 1.20. The summed E-state index contributed by atoms with van der Waals surface area (Å²) < 4.78 is 5.28. The Morgan fingerprint density at radius 2 is 2.27 bits per heavy atom. The summed E-state index contributed by atoms with van der Waals surface area (Å²) in [7, 11) is 0. The van der Waals surface area contributed by atoms with Crippen LogP contribution in [0.5, 0.6) is 5.75 Å². The van der Waals surface area contributed by atoms with Crippen LogP contribution < -0.4 is 4.74 Å². The van der Waals surface area contributed by atoms with Gasteiger partial charge in [0.25, 0.3) is 0 Å². The molecule has 0 unspecified atom stereocenters. The van der Waals surface area contributed by atoms with E-state index in [2.05, 4.69) is 19.1 Å². The van der Waals surface area contributed by atoms with Gasteiger partial charge in [-0.3, -0.25) is 0 Å². The minimum Gasteiger partial charge on any atom is -0.463 e. The zero-order chi connectivity index (χ0) is 7.68. The van der Waals surface area contributed by atoms with E-state index in [-0.39, 0.29) is 0 Å². The van der Waals surface area contributed by atoms with Crippen LogP contribution >= 0.6 is 11.8 Å². The Bertz CT molecular complexity index is 304. The number of benzene rings is 1. The van der Waals surface area contributed by atoms with E-state index in [0.717, 1.165) is 5.75 Å². The molecular weight excluding hydrogens is 156 g/mol. The van der Waals surface area contributed by atoms with E-state index in [1.807, 2.05) is 11.5 Å². The first-order valence-corrected chi connectivity index (χ1v) is 4.33. The summed E-state index contributed by atoms with van der Waals surface area (Å²) >= 11 is 1.70. The molecule has 1 aromatic carbocycles. The largest absolute Gasteiger partial charge is 0.463 e. The smallest absolute Gasteiger partial charge is 0.140 e. The number of ether oxygens (including phenoxy) is 1. The molecule has 0 N–H and O–H groups in total. The van der Waals surface area contributed by atoms with Crippen molar-refractivity contribution >= 4 is 11.8 Å². The van der Waals surface area contributed by atoms with Gasteiger partial charge in [0.1, 0.15) is 5.75 Å². The topological polar surface area (TPSA) is 9.23 Å². The van der Waals surface area contributed by atoms with Crippen LogP contribution in [0.1, 0.15) is 5.56 Å². The van der Waals surface area contributed by atoms with Gasteiger partial charge in [-0.1, -0.05) is 17.8 Å². The van der Waals surface area contributed by atoms with Gasteiger partial charge >= 0.3 is 0 Å². The minimum atomic E-state index is 0.961. The zero-order valence-corrected chi connectivity index (χ0v) is 7.02. The van der Waals surface area contributed by atoms with E-state index in [9.17, 15) is 0 Å². The molecule has 0 amide bonds. The molecule has 0 saturated carbocycles. The standard InChI is InChI=1S/C9H8OS/c1-7-2-3-8-9(6-7)11-5-4-10-8/h2-6H,1H3. The average Bonchev–Trinajstić information content (AvgIpc) is 2.04. The van der Waals surface area contributed by atoms with Crippen molar-refractivity contribution in [3.05, 3.63) is 35.4 Å². The zero-order valence-electron chi connectivity index (χ0n) is 6.20. The van der Waals surface area contributed by atoms with Crippen LogP contribution in [-0.4, -0.2) is 0 Å². The summed E-state index contributed by atoms with van der Waals surface area (Å²) in [5.41, 5.74) is 1.27. The Hall–Kier alpha value is -0.890. The highest BCUT2D eigenvalue weighted by Gasteiger charge is 2.05. The minimum absolute atomic E-state index is 0.961. The van der Waals surface area contributed by atoms with Crippen LogP contribution in [0.25, 0.3) is 0 Å². The first-order valence-electron chi connectivity index (χ1n) is 3.45. The van der Waals surface area contributed by atoms with E-state index in [1.54, 1.807) is 18.0 Å². The Kier molecular flexibility index (Phi) is 1.62. The SMILES string of the molecule is Cc1ccc2c(c1)SC=CO2. The lowest BCUT2D eigenvalue weighted by Gasteiger charge is -2.10. The fraction of sp³-hybridized carbons (Fsp3) is 0.111. The van der Waals surface area contributed by atoms with Crippen molar-refractivity contribution < 1.29 is 4.74 Å². The summed E-state index contributed by atoms with van der Waals surface area (Å²) in [6.45, 7) is 2.08. The van der Waals surface area contributed by atoms with Crippen LogP contribution in [0, 0.1) is 6.92 Å². The second kappa shape index (κ2) is 2.62. The molecule has 0 atom stereocenters.